The van der Waals surface area contributed by atoms with E-state index in [2.05, 4.69) is 10.3 Å². The van der Waals surface area contributed by atoms with E-state index in [1.807, 2.05) is 37.3 Å². The van der Waals surface area contributed by atoms with Crippen LogP contribution in [0.1, 0.15) is 39.5 Å². The van der Waals surface area contributed by atoms with Gasteiger partial charge in [-0.15, -0.1) is 11.3 Å². The lowest BCUT2D eigenvalue weighted by Crippen LogP contribution is -2.35. The molecule has 2 atom stereocenters. The van der Waals surface area contributed by atoms with Crippen LogP contribution in [0.2, 0.25) is 0 Å². The molecule has 0 unspecified atom stereocenters. The van der Waals surface area contributed by atoms with Crippen molar-refractivity contribution in [3.8, 4) is 5.69 Å². The molecule has 0 spiro atoms. The fraction of sp³-hybridized carbons (Fsp3) is 0.185. The van der Waals surface area contributed by atoms with E-state index in [0.717, 1.165) is 38.3 Å². The van der Waals surface area contributed by atoms with Crippen LogP contribution in [0.5, 0.6) is 0 Å². The van der Waals surface area contributed by atoms with Crippen molar-refractivity contribution in [3.05, 3.63) is 94.5 Å². The summed E-state index contributed by atoms with van der Waals surface area (Å²) in [4.78, 5) is 17.8. The quantitative estimate of drug-likeness (QED) is 0.287. The minimum atomic E-state index is -4.42. The van der Waals surface area contributed by atoms with Crippen LogP contribution in [0, 0.1) is 6.92 Å². The summed E-state index contributed by atoms with van der Waals surface area (Å²) in [5, 5.41) is 14.8. The van der Waals surface area contributed by atoms with Crippen LogP contribution < -0.4 is 5.32 Å². The number of amides is 1. The van der Waals surface area contributed by atoms with Crippen LogP contribution in [-0.2, 0) is 6.18 Å². The van der Waals surface area contributed by atoms with Crippen LogP contribution in [-0.4, -0.2) is 26.7 Å². The number of thiazole rings is 1. The molecule has 3 aromatic carbocycles. The molecule has 184 valence electrons. The van der Waals surface area contributed by atoms with E-state index in [0.29, 0.717) is 16.9 Å². The van der Waals surface area contributed by atoms with Crippen molar-refractivity contribution < 1.29 is 23.1 Å². The highest BCUT2D eigenvalue weighted by molar-refractivity contribution is 7.19. The number of nitrogens with one attached hydrogen (secondary N) is 1. The molecule has 9 heteroatoms. The first-order chi connectivity index (χ1) is 17.1. The highest BCUT2D eigenvalue weighted by Gasteiger charge is 2.30. The first kappa shape index (κ1) is 24.0. The lowest BCUT2D eigenvalue weighted by Gasteiger charge is -2.22. The summed E-state index contributed by atoms with van der Waals surface area (Å²) in [5.41, 5.74) is 2.37. The Balaban J connectivity index is 1.56. The number of benzene rings is 3. The Kier molecular flexibility index (Phi) is 6.05. The van der Waals surface area contributed by atoms with Gasteiger partial charge in [0.25, 0.3) is 5.91 Å². The molecule has 0 aliphatic rings. The zero-order chi connectivity index (χ0) is 25.6. The molecule has 2 N–H and O–H groups in total. The molecule has 5 nitrogen and oxygen atoms in total. The Hall–Kier alpha value is -3.69. The predicted octanol–water partition coefficient (Wildman–Crippen LogP) is 6.42. The normalized spacial score (nSPS) is 13.7. The Morgan fingerprint density at radius 2 is 1.75 bits per heavy atom. The minimum absolute atomic E-state index is 0.344. The monoisotopic (exact) mass is 509 g/mol. The smallest absolute Gasteiger partial charge is 0.391 e. The van der Waals surface area contributed by atoms with E-state index in [9.17, 15) is 23.1 Å². The van der Waals surface area contributed by atoms with Crippen molar-refractivity contribution in [2.45, 2.75) is 32.2 Å². The third kappa shape index (κ3) is 4.36. The van der Waals surface area contributed by atoms with Gasteiger partial charge in [-0.2, -0.15) is 13.2 Å². The van der Waals surface area contributed by atoms with Gasteiger partial charge in [0, 0.05) is 16.6 Å². The van der Waals surface area contributed by atoms with Crippen LogP contribution in [0.3, 0.4) is 0 Å². The molecule has 5 aromatic rings. The number of carbonyl (C=O) groups is 1. The summed E-state index contributed by atoms with van der Waals surface area (Å²) in [6.07, 6.45) is -5.23. The maximum Gasteiger partial charge on any atom is 0.416 e. The number of nitrogens with zero attached hydrogens (tertiary/aromatic N) is 2. The Morgan fingerprint density at radius 1 is 1.06 bits per heavy atom. The third-order valence-corrected chi connectivity index (χ3v) is 7.05. The molecule has 0 saturated heterocycles. The lowest BCUT2D eigenvalue weighted by molar-refractivity contribution is -0.137. The van der Waals surface area contributed by atoms with Crippen molar-refractivity contribution in [1.29, 1.82) is 0 Å². The third-order valence-electron chi connectivity index (χ3n) is 6.05. The first-order valence-corrected chi connectivity index (χ1v) is 12.1. The zero-order valence-electron chi connectivity index (χ0n) is 19.4. The number of aromatic nitrogens is 2. The van der Waals surface area contributed by atoms with Crippen molar-refractivity contribution in [1.82, 2.24) is 14.9 Å². The summed E-state index contributed by atoms with van der Waals surface area (Å²) in [7, 11) is 0. The van der Waals surface area contributed by atoms with Crippen molar-refractivity contribution in [2.75, 3.05) is 0 Å². The Labute approximate surface area is 208 Å². The number of aryl methyl sites for hydroxylation is 1. The fourth-order valence-electron chi connectivity index (χ4n) is 4.34. The molecule has 0 saturated carbocycles. The van der Waals surface area contributed by atoms with Gasteiger partial charge in [-0.25, -0.2) is 4.98 Å². The fourth-order valence-corrected chi connectivity index (χ4v) is 5.27. The standard InChI is InChI=1S/C27H22F3N3O2S/c1-15(34)23(17-6-4-3-5-7-17)32-26(35)18-8-13-22-21(14-18)24-25(31-16(2)36-24)33(22)20-11-9-19(10-12-20)27(28,29)30/h3-15,23,34H,1-2H3,(H,32,35)/t15-,23-/m0/s1. The number of aliphatic hydroxyl groups excluding tert-OH is 1. The van der Waals surface area contributed by atoms with Gasteiger partial charge in [0.1, 0.15) is 0 Å². The summed E-state index contributed by atoms with van der Waals surface area (Å²) in [5.74, 6) is -0.344. The number of halogens is 3. The number of carbonyl (C=O) groups excluding carboxylic acids is 1. The lowest BCUT2D eigenvalue weighted by atomic mass is 10.0. The van der Waals surface area contributed by atoms with Gasteiger partial charge in [0.15, 0.2) is 5.65 Å². The van der Waals surface area contributed by atoms with Crippen molar-refractivity contribution in [3.63, 3.8) is 0 Å². The maximum atomic E-state index is 13.2. The van der Waals surface area contributed by atoms with E-state index >= 15 is 0 Å². The summed E-state index contributed by atoms with van der Waals surface area (Å²) in [6.45, 7) is 3.48. The molecule has 0 bridgehead atoms. The second-order valence-electron chi connectivity index (χ2n) is 8.60. The second kappa shape index (κ2) is 9.07. The number of hydrogen-bond donors (Lipinski definition) is 2. The van der Waals surface area contributed by atoms with Gasteiger partial charge in [-0.3, -0.25) is 9.36 Å². The molecular formula is C27H22F3N3O2S. The van der Waals surface area contributed by atoms with Crippen LogP contribution in [0.4, 0.5) is 13.2 Å². The molecule has 0 aliphatic heterocycles. The molecule has 0 aliphatic carbocycles. The van der Waals surface area contributed by atoms with Crippen LogP contribution >= 0.6 is 11.3 Å². The second-order valence-corrected chi connectivity index (χ2v) is 9.80. The van der Waals surface area contributed by atoms with Gasteiger partial charge < -0.3 is 10.4 Å². The van der Waals surface area contributed by atoms with Crippen molar-refractivity contribution in [2.24, 2.45) is 0 Å². The topological polar surface area (TPSA) is 67.2 Å². The molecule has 5 rings (SSSR count). The van der Waals surface area contributed by atoms with E-state index in [-0.39, 0.29) is 5.91 Å². The van der Waals surface area contributed by atoms with E-state index in [4.69, 9.17) is 0 Å². The molecule has 2 aromatic heterocycles. The maximum absolute atomic E-state index is 13.2. The molecule has 2 heterocycles. The van der Waals surface area contributed by atoms with E-state index < -0.39 is 23.9 Å². The van der Waals surface area contributed by atoms with Crippen LogP contribution in [0.25, 0.3) is 26.9 Å². The van der Waals surface area contributed by atoms with Gasteiger partial charge in [-0.05, 0) is 61.9 Å². The van der Waals surface area contributed by atoms with Crippen LogP contribution in [0.15, 0.2) is 72.8 Å². The highest BCUT2D eigenvalue weighted by Crippen LogP contribution is 2.37. The highest BCUT2D eigenvalue weighted by atomic mass is 32.1. The number of hydrogen-bond acceptors (Lipinski definition) is 4. The summed E-state index contributed by atoms with van der Waals surface area (Å²) < 4.78 is 41.9. The zero-order valence-corrected chi connectivity index (χ0v) is 20.2. The molecule has 1 amide bonds. The number of fused-ring (bicyclic) bond motifs is 3. The largest absolute Gasteiger partial charge is 0.416 e. The Bertz CT molecular complexity index is 1560. The van der Waals surface area contributed by atoms with E-state index in [1.165, 1.54) is 23.5 Å². The SMILES string of the molecule is Cc1nc2c(s1)c1cc(C(=O)N[C@H](c3ccccc3)[C@H](C)O)ccc1n2-c1ccc(C(F)(F)F)cc1. The Morgan fingerprint density at radius 3 is 2.39 bits per heavy atom. The minimum Gasteiger partial charge on any atom is -0.391 e. The predicted molar refractivity (Wildman–Crippen MR) is 135 cm³/mol. The average molecular weight is 510 g/mol. The van der Waals surface area contributed by atoms with Gasteiger partial charge in [0.2, 0.25) is 0 Å². The van der Waals surface area contributed by atoms with Gasteiger partial charge in [0.05, 0.1) is 32.9 Å². The summed E-state index contributed by atoms with van der Waals surface area (Å²) >= 11 is 1.46. The first-order valence-electron chi connectivity index (χ1n) is 11.3. The number of aliphatic hydroxyl groups is 1. The van der Waals surface area contributed by atoms with Crippen molar-refractivity contribution >= 4 is 38.5 Å². The van der Waals surface area contributed by atoms with E-state index in [1.54, 1.807) is 29.7 Å². The molecule has 0 fully saturated rings. The average Bonchev–Trinajstić information content (AvgIpc) is 3.36. The number of alkyl halides is 3. The summed E-state index contributed by atoms with van der Waals surface area (Å²) in [6, 6.07) is 18.8. The molecular weight excluding hydrogens is 487 g/mol. The number of rotatable bonds is 5. The molecule has 0 radical (unpaired) electrons. The molecule has 36 heavy (non-hydrogen) atoms. The van der Waals surface area contributed by atoms with Gasteiger partial charge in [-0.1, -0.05) is 30.3 Å². The van der Waals surface area contributed by atoms with Gasteiger partial charge >= 0.3 is 6.18 Å².